The Labute approximate surface area is 61.1 Å². The standard InChI is InChI=1S/C6H15NO3/c1-4-9-6(3,7-8)10-5-2/h7-8H,4-5H2,1-3H3. The van der Waals surface area contributed by atoms with E-state index in [1.54, 1.807) is 6.92 Å². The van der Waals surface area contributed by atoms with E-state index >= 15 is 0 Å². The van der Waals surface area contributed by atoms with Gasteiger partial charge >= 0.3 is 0 Å². The summed E-state index contributed by atoms with van der Waals surface area (Å²) in [5.74, 6) is -1.05. The Balaban J connectivity index is 3.69. The molecule has 0 saturated heterocycles. The molecule has 4 nitrogen and oxygen atoms in total. The summed E-state index contributed by atoms with van der Waals surface area (Å²) >= 11 is 0. The van der Waals surface area contributed by atoms with Crippen LogP contribution < -0.4 is 5.48 Å². The fourth-order valence-electron chi connectivity index (χ4n) is 0.657. The molecule has 0 unspecified atom stereocenters. The lowest BCUT2D eigenvalue weighted by molar-refractivity contribution is -0.282. The predicted molar refractivity (Wildman–Crippen MR) is 36.6 cm³/mol. The third-order valence-electron chi connectivity index (χ3n) is 1.04. The van der Waals surface area contributed by atoms with E-state index in [1.807, 2.05) is 19.3 Å². The Morgan fingerprint density at radius 3 is 1.90 bits per heavy atom. The molecule has 0 atom stereocenters. The quantitative estimate of drug-likeness (QED) is 0.446. The normalized spacial score (nSPS) is 12.0. The highest BCUT2D eigenvalue weighted by atomic mass is 16.7. The minimum absolute atomic E-state index is 0.490. The highest BCUT2D eigenvalue weighted by Gasteiger charge is 2.22. The first-order valence-electron chi connectivity index (χ1n) is 3.37. The van der Waals surface area contributed by atoms with Crippen LogP contribution in [0.2, 0.25) is 0 Å². The molecule has 0 radical (unpaired) electrons. The first kappa shape index (κ1) is 9.84. The van der Waals surface area contributed by atoms with Gasteiger partial charge in [-0.25, -0.2) is 0 Å². The molecule has 0 aliphatic rings. The monoisotopic (exact) mass is 149 g/mol. The maximum Gasteiger partial charge on any atom is 0.246 e. The molecule has 0 amide bonds. The van der Waals surface area contributed by atoms with Gasteiger partial charge in [0.05, 0.1) is 0 Å². The van der Waals surface area contributed by atoms with Crippen LogP contribution in [0.3, 0.4) is 0 Å². The summed E-state index contributed by atoms with van der Waals surface area (Å²) in [5, 5.41) is 8.55. The zero-order valence-electron chi connectivity index (χ0n) is 6.68. The number of hydroxylamine groups is 1. The smallest absolute Gasteiger partial charge is 0.246 e. The lowest BCUT2D eigenvalue weighted by Gasteiger charge is -2.26. The predicted octanol–water partition coefficient (Wildman–Crippen LogP) is 0.712. The van der Waals surface area contributed by atoms with Gasteiger partial charge in [0, 0.05) is 20.1 Å². The van der Waals surface area contributed by atoms with Crippen LogP contribution >= 0.6 is 0 Å². The van der Waals surface area contributed by atoms with Crippen LogP contribution in [0.5, 0.6) is 0 Å². The molecular formula is C6H15NO3. The molecule has 0 aromatic carbocycles. The fraction of sp³-hybridized carbons (Fsp3) is 1.00. The fourth-order valence-corrected chi connectivity index (χ4v) is 0.657. The summed E-state index contributed by atoms with van der Waals surface area (Å²) in [5.41, 5.74) is 1.94. The van der Waals surface area contributed by atoms with Crippen molar-refractivity contribution in [3.63, 3.8) is 0 Å². The maximum atomic E-state index is 8.55. The van der Waals surface area contributed by atoms with Crippen molar-refractivity contribution in [3.8, 4) is 0 Å². The molecular weight excluding hydrogens is 134 g/mol. The summed E-state index contributed by atoms with van der Waals surface area (Å²) < 4.78 is 10.1. The molecule has 0 aromatic heterocycles. The third-order valence-corrected chi connectivity index (χ3v) is 1.04. The molecule has 2 N–H and O–H groups in total. The van der Waals surface area contributed by atoms with Crippen molar-refractivity contribution >= 4 is 0 Å². The maximum absolute atomic E-state index is 8.55. The first-order chi connectivity index (χ1) is 4.68. The van der Waals surface area contributed by atoms with Crippen LogP contribution in [0, 0.1) is 0 Å². The summed E-state index contributed by atoms with van der Waals surface area (Å²) in [7, 11) is 0. The highest BCUT2D eigenvalue weighted by Crippen LogP contribution is 2.05. The average molecular weight is 149 g/mol. The van der Waals surface area contributed by atoms with E-state index in [9.17, 15) is 0 Å². The van der Waals surface area contributed by atoms with Crippen molar-refractivity contribution in [2.24, 2.45) is 0 Å². The first-order valence-corrected chi connectivity index (χ1v) is 3.37. The minimum Gasteiger partial charge on any atom is -0.336 e. The molecule has 0 aliphatic heterocycles. The molecule has 0 saturated carbocycles. The molecule has 62 valence electrons. The molecule has 0 spiro atoms. The number of nitrogens with one attached hydrogen (secondary N) is 1. The SMILES string of the molecule is CCOC(C)(NO)OCC. The van der Waals surface area contributed by atoms with E-state index in [0.29, 0.717) is 13.2 Å². The van der Waals surface area contributed by atoms with Crippen molar-refractivity contribution in [3.05, 3.63) is 0 Å². The van der Waals surface area contributed by atoms with Gasteiger partial charge in [-0.2, -0.15) is 0 Å². The van der Waals surface area contributed by atoms with Crippen molar-refractivity contribution < 1.29 is 14.7 Å². The van der Waals surface area contributed by atoms with E-state index in [1.165, 1.54) is 0 Å². The minimum atomic E-state index is -1.05. The van der Waals surface area contributed by atoms with Gasteiger partial charge < -0.3 is 14.7 Å². The van der Waals surface area contributed by atoms with Gasteiger partial charge in [-0.1, -0.05) is 0 Å². The van der Waals surface area contributed by atoms with Gasteiger partial charge in [-0.05, 0) is 13.8 Å². The number of rotatable bonds is 5. The highest BCUT2D eigenvalue weighted by molar-refractivity contribution is 4.50. The van der Waals surface area contributed by atoms with E-state index < -0.39 is 5.91 Å². The lowest BCUT2D eigenvalue weighted by Crippen LogP contribution is -2.45. The Kier molecular flexibility index (Phi) is 4.55. The van der Waals surface area contributed by atoms with Gasteiger partial charge in [-0.15, -0.1) is 5.48 Å². The second-order valence-corrected chi connectivity index (χ2v) is 1.92. The van der Waals surface area contributed by atoms with Crippen molar-refractivity contribution in [1.29, 1.82) is 0 Å². The second kappa shape index (κ2) is 4.62. The van der Waals surface area contributed by atoms with E-state index in [-0.39, 0.29) is 0 Å². The van der Waals surface area contributed by atoms with Crippen LogP contribution in [-0.2, 0) is 9.47 Å². The molecule has 4 heteroatoms. The summed E-state index contributed by atoms with van der Waals surface area (Å²) in [4.78, 5) is 0. The Morgan fingerprint density at radius 1 is 1.30 bits per heavy atom. The molecule has 0 aromatic rings. The molecule has 0 fully saturated rings. The van der Waals surface area contributed by atoms with E-state index in [0.717, 1.165) is 0 Å². The number of hydrogen-bond donors (Lipinski definition) is 2. The van der Waals surface area contributed by atoms with Crippen LogP contribution in [0.1, 0.15) is 20.8 Å². The van der Waals surface area contributed by atoms with Crippen LogP contribution in [0.4, 0.5) is 0 Å². The number of hydrogen-bond acceptors (Lipinski definition) is 4. The molecule has 0 bridgehead atoms. The van der Waals surface area contributed by atoms with Crippen LogP contribution in [0.25, 0.3) is 0 Å². The van der Waals surface area contributed by atoms with Gasteiger partial charge in [0.2, 0.25) is 5.91 Å². The lowest BCUT2D eigenvalue weighted by atomic mass is 10.5. The zero-order chi connectivity index (χ0) is 8.04. The summed E-state index contributed by atoms with van der Waals surface area (Å²) in [6, 6.07) is 0. The van der Waals surface area contributed by atoms with Crippen molar-refractivity contribution in [2.45, 2.75) is 26.7 Å². The van der Waals surface area contributed by atoms with E-state index in [2.05, 4.69) is 0 Å². The molecule has 0 rings (SSSR count). The van der Waals surface area contributed by atoms with Crippen LogP contribution in [-0.4, -0.2) is 24.3 Å². The van der Waals surface area contributed by atoms with E-state index in [4.69, 9.17) is 14.7 Å². The Hall–Kier alpha value is -0.160. The average Bonchev–Trinajstić information content (AvgIpc) is 1.89. The Bertz CT molecular complexity index is 81.1. The van der Waals surface area contributed by atoms with Gasteiger partial charge in [0.1, 0.15) is 0 Å². The zero-order valence-corrected chi connectivity index (χ0v) is 6.68. The van der Waals surface area contributed by atoms with Crippen LogP contribution in [0.15, 0.2) is 0 Å². The topological polar surface area (TPSA) is 50.7 Å². The Morgan fingerprint density at radius 2 is 1.70 bits per heavy atom. The van der Waals surface area contributed by atoms with Gasteiger partial charge in [-0.3, -0.25) is 0 Å². The van der Waals surface area contributed by atoms with Gasteiger partial charge in [0.25, 0.3) is 0 Å². The number of ether oxygens (including phenoxy) is 2. The second-order valence-electron chi connectivity index (χ2n) is 1.92. The molecule has 10 heavy (non-hydrogen) atoms. The molecule has 0 aliphatic carbocycles. The largest absolute Gasteiger partial charge is 0.336 e. The van der Waals surface area contributed by atoms with Crippen molar-refractivity contribution in [2.75, 3.05) is 13.2 Å². The summed E-state index contributed by atoms with van der Waals surface area (Å²) in [6.07, 6.45) is 0. The summed E-state index contributed by atoms with van der Waals surface area (Å²) in [6.45, 7) is 6.25. The van der Waals surface area contributed by atoms with Gasteiger partial charge in [0.15, 0.2) is 0 Å². The van der Waals surface area contributed by atoms with Crippen molar-refractivity contribution in [1.82, 2.24) is 5.48 Å². The third kappa shape index (κ3) is 3.12. The molecule has 0 heterocycles.